The molecule has 4 aromatic carbocycles. The highest BCUT2D eigenvalue weighted by Gasteiger charge is 2.32. The number of hydrogen-bond acceptors (Lipinski definition) is 8. The first kappa shape index (κ1) is 29.4. The van der Waals surface area contributed by atoms with Crippen LogP contribution in [-0.4, -0.2) is 19.2 Å². The van der Waals surface area contributed by atoms with E-state index in [9.17, 15) is 10.1 Å². The van der Waals surface area contributed by atoms with Crippen LogP contribution in [0.2, 0.25) is 5.02 Å². The lowest BCUT2D eigenvalue weighted by atomic mass is 9.83. The van der Waals surface area contributed by atoms with E-state index in [-0.39, 0.29) is 30.4 Å². The first-order chi connectivity index (χ1) is 20.9. The summed E-state index contributed by atoms with van der Waals surface area (Å²) in [7, 11) is 0. The van der Waals surface area contributed by atoms with Gasteiger partial charge in [-0.3, -0.25) is 0 Å². The minimum Gasteiger partial charge on any atom is -0.490 e. The van der Waals surface area contributed by atoms with Crippen LogP contribution in [0, 0.1) is 18.3 Å². The maximum atomic E-state index is 12.5. The lowest BCUT2D eigenvalue weighted by Gasteiger charge is -2.27. The molecule has 4 aromatic rings. The van der Waals surface area contributed by atoms with Crippen molar-refractivity contribution in [2.24, 2.45) is 5.73 Å². The summed E-state index contributed by atoms with van der Waals surface area (Å²) in [5, 5.41) is 10.6. The maximum absolute atomic E-state index is 12.5. The van der Waals surface area contributed by atoms with Crippen molar-refractivity contribution in [2.75, 3.05) is 13.2 Å². The fraction of sp³-hybridized carbons (Fsp3) is 0.176. The number of ether oxygens (including phenoxy) is 5. The van der Waals surface area contributed by atoms with Crippen molar-refractivity contribution >= 4 is 17.6 Å². The zero-order valence-electron chi connectivity index (χ0n) is 23.6. The van der Waals surface area contributed by atoms with Crippen molar-refractivity contribution in [3.63, 3.8) is 0 Å². The number of hydrogen-bond donors (Lipinski definition) is 1. The number of nitrogens with zero attached hydrogens (tertiary/aromatic N) is 1. The average Bonchev–Trinajstić information content (AvgIpc) is 3.00. The lowest BCUT2D eigenvalue weighted by Crippen LogP contribution is -2.22. The second-order valence-corrected chi connectivity index (χ2v) is 10.1. The molecule has 8 nitrogen and oxygen atoms in total. The number of rotatable bonds is 10. The van der Waals surface area contributed by atoms with Gasteiger partial charge in [-0.2, -0.15) is 5.26 Å². The van der Waals surface area contributed by atoms with Gasteiger partial charge in [0, 0.05) is 22.2 Å². The van der Waals surface area contributed by atoms with Crippen LogP contribution in [-0.2, 0) is 11.4 Å². The summed E-state index contributed by atoms with van der Waals surface area (Å²) in [6, 6.07) is 27.4. The number of nitrogens with two attached hydrogens (primary N) is 1. The van der Waals surface area contributed by atoms with Crippen LogP contribution in [0.15, 0.2) is 96.4 Å². The number of carbonyl (C=O) groups is 1. The van der Waals surface area contributed by atoms with E-state index in [0.717, 1.165) is 16.7 Å². The number of aryl methyl sites for hydroxylation is 1. The number of esters is 1. The van der Waals surface area contributed by atoms with E-state index in [4.69, 9.17) is 41.0 Å². The predicted molar refractivity (Wildman–Crippen MR) is 161 cm³/mol. The highest BCUT2D eigenvalue weighted by atomic mass is 35.5. The van der Waals surface area contributed by atoms with Crippen molar-refractivity contribution in [3.05, 3.63) is 124 Å². The quantitative estimate of drug-likeness (QED) is 0.157. The van der Waals surface area contributed by atoms with Crippen molar-refractivity contribution < 1.29 is 28.5 Å². The first-order valence-electron chi connectivity index (χ1n) is 13.6. The Labute approximate surface area is 254 Å². The van der Waals surface area contributed by atoms with Crippen molar-refractivity contribution in [1.82, 2.24) is 0 Å². The van der Waals surface area contributed by atoms with Gasteiger partial charge >= 0.3 is 5.97 Å². The van der Waals surface area contributed by atoms with Gasteiger partial charge in [-0.05, 0) is 55.8 Å². The minimum atomic E-state index is -0.581. The number of nitriles is 1. The highest BCUT2D eigenvalue weighted by molar-refractivity contribution is 6.31. The van der Waals surface area contributed by atoms with E-state index in [1.807, 2.05) is 56.3 Å². The molecule has 5 rings (SSSR count). The van der Waals surface area contributed by atoms with E-state index in [2.05, 4.69) is 6.07 Å². The molecular formula is C34H29ClN2O6. The van der Waals surface area contributed by atoms with Gasteiger partial charge in [0.05, 0.1) is 12.5 Å². The van der Waals surface area contributed by atoms with Gasteiger partial charge < -0.3 is 29.4 Å². The number of carbonyl (C=O) groups excluding carboxylic acids is 1. The standard InChI is InChI=1S/C34H29ClN2O6/c1-3-39-31-16-22(10-15-29(31)41-19-23-6-4-5-7-28(23)35)33-26-14-13-25(17-30(26)43-34(37)27(33)18-36)42-32(38)20-40-24-11-8-21(2)9-12-24/h4-17,33H,3,19-20,37H2,1-2H3. The third-order valence-corrected chi connectivity index (χ3v) is 7.11. The molecule has 0 aromatic heterocycles. The highest BCUT2D eigenvalue weighted by Crippen LogP contribution is 2.45. The monoisotopic (exact) mass is 596 g/mol. The van der Waals surface area contributed by atoms with Crippen LogP contribution in [0.3, 0.4) is 0 Å². The fourth-order valence-electron chi connectivity index (χ4n) is 4.64. The van der Waals surface area contributed by atoms with Gasteiger partial charge in [0.15, 0.2) is 18.1 Å². The molecule has 0 bridgehead atoms. The van der Waals surface area contributed by atoms with Gasteiger partial charge in [-0.1, -0.05) is 59.6 Å². The van der Waals surface area contributed by atoms with Crippen LogP contribution in [0.1, 0.15) is 35.1 Å². The smallest absolute Gasteiger partial charge is 0.349 e. The lowest BCUT2D eigenvalue weighted by molar-refractivity contribution is -0.136. The summed E-state index contributed by atoms with van der Waals surface area (Å²) in [6.07, 6.45) is 0. The van der Waals surface area contributed by atoms with E-state index in [1.165, 1.54) is 0 Å². The molecule has 2 N–H and O–H groups in total. The summed E-state index contributed by atoms with van der Waals surface area (Å²) in [5.41, 5.74) is 9.79. The van der Waals surface area contributed by atoms with Gasteiger partial charge in [-0.15, -0.1) is 0 Å². The molecule has 43 heavy (non-hydrogen) atoms. The molecule has 1 unspecified atom stereocenters. The van der Waals surface area contributed by atoms with Gasteiger partial charge in [0.25, 0.3) is 0 Å². The predicted octanol–water partition coefficient (Wildman–Crippen LogP) is 6.83. The summed E-state index contributed by atoms with van der Waals surface area (Å²) in [4.78, 5) is 12.5. The van der Waals surface area contributed by atoms with Crippen LogP contribution >= 0.6 is 11.6 Å². The normalized spacial score (nSPS) is 13.8. The third kappa shape index (κ3) is 6.85. The van der Waals surface area contributed by atoms with E-state index in [0.29, 0.717) is 40.2 Å². The molecule has 218 valence electrons. The van der Waals surface area contributed by atoms with Crippen molar-refractivity contribution in [2.45, 2.75) is 26.4 Å². The van der Waals surface area contributed by atoms with Gasteiger partial charge in [-0.25, -0.2) is 4.79 Å². The SMILES string of the molecule is CCOc1cc(C2C(C#N)=C(N)Oc3cc(OC(=O)COc4ccc(C)cc4)ccc32)ccc1OCc1ccccc1Cl. The summed E-state index contributed by atoms with van der Waals surface area (Å²) in [6.45, 7) is 4.24. The Morgan fingerprint density at radius 1 is 0.953 bits per heavy atom. The molecule has 0 aliphatic carbocycles. The molecule has 1 atom stereocenters. The number of halogens is 1. The Balaban J connectivity index is 1.37. The van der Waals surface area contributed by atoms with Crippen LogP contribution in [0.5, 0.6) is 28.7 Å². The van der Waals surface area contributed by atoms with Crippen LogP contribution in [0.4, 0.5) is 0 Å². The molecule has 1 aliphatic rings. The van der Waals surface area contributed by atoms with Gasteiger partial charge in [0.2, 0.25) is 5.88 Å². The molecule has 0 saturated heterocycles. The molecule has 0 spiro atoms. The Morgan fingerprint density at radius 2 is 1.72 bits per heavy atom. The Morgan fingerprint density at radius 3 is 2.47 bits per heavy atom. The number of benzene rings is 4. The molecular weight excluding hydrogens is 568 g/mol. The molecule has 0 saturated carbocycles. The molecule has 0 fully saturated rings. The zero-order chi connectivity index (χ0) is 30.3. The van der Waals surface area contributed by atoms with E-state index >= 15 is 0 Å². The summed E-state index contributed by atoms with van der Waals surface area (Å²) < 4.78 is 28.8. The van der Waals surface area contributed by atoms with Crippen LogP contribution < -0.4 is 29.4 Å². The summed E-state index contributed by atoms with van der Waals surface area (Å²) in [5.74, 6) is 1.04. The van der Waals surface area contributed by atoms with E-state index < -0.39 is 11.9 Å². The van der Waals surface area contributed by atoms with E-state index in [1.54, 1.807) is 42.5 Å². The summed E-state index contributed by atoms with van der Waals surface area (Å²) >= 11 is 6.29. The third-order valence-electron chi connectivity index (χ3n) is 6.74. The molecule has 0 amide bonds. The number of allylic oxidation sites excluding steroid dienone is 1. The second kappa shape index (κ2) is 13.2. The zero-order valence-corrected chi connectivity index (χ0v) is 24.4. The second-order valence-electron chi connectivity index (χ2n) is 9.72. The number of fused-ring (bicyclic) bond motifs is 1. The Hall–Kier alpha value is -5.13. The van der Waals surface area contributed by atoms with Gasteiger partial charge in [0.1, 0.15) is 35.5 Å². The minimum absolute atomic E-state index is 0.0387. The topological polar surface area (TPSA) is 113 Å². The average molecular weight is 597 g/mol. The molecule has 1 aliphatic heterocycles. The Kier molecular flexibility index (Phi) is 9.04. The fourth-order valence-corrected chi connectivity index (χ4v) is 4.83. The largest absolute Gasteiger partial charge is 0.490 e. The maximum Gasteiger partial charge on any atom is 0.349 e. The molecule has 9 heteroatoms. The first-order valence-corrected chi connectivity index (χ1v) is 14.0. The molecule has 1 heterocycles. The van der Waals surface area contributed by atoms with Crippen molar-refractivity contribution in [3.8, 4) is 34.8 Å². The van der Waals surface area contributed by atoms with Crippen LogP contribution in [0.25, 0.3) is 0 Å². The molecule has 0 radical (unpaired) electrons. The Bertz CT molecular complexity index is 1710. The van der Waals surface area contributed by atoms with Crippen molar-refractivity contribution in [1.29, 1.82) is 5.26 Å².